The zero-order valence-corrected chi connectivity index (χ0v) is 21.4. The Labute approximate surface area is 189 Å². The SMILES string of the molecule is C[C@@H]1CCC2C1CC[C@@H]2C.C[C@@H]1CCC2C1CC[C@H]2C.C[C@H]1CCC2C1CC[C@@H]2C. The van der Waals surface area contributed by atoms with Crippen molar-refractivity contribution in [3.63, 3.8) is 0 Å². The molecule has 0 aromatic heterocycles. The van der Waals surface area contributed by atoms with Gasteiger partial charge < -0.3 is 0 Å². The molecule has 6 aliphatic rings. The van der Waals surface area contributed by atoms with E-state index < -0.39 is 0 Å². The van der Waals surface area contributed by atoms with Crippen LogP contribution in [-0.2, 0) is 0 Å². The van der Waals surface area contributed by atoms with Gasteiger partial charge in [0.1, 0.15) is 0 Å². The minimum atomic E-state index is 1.05. The predicted octanol–water partition coefficient (Wildman–Crippen LogP) is 9.24. The first-order chi connectivity index (χ1) is 14.4. The normalized spacial score (nSPS) is 53.4. The van der Waals surface area contributed by atoms with Crippen LogP contribution in [0.5, 0.6) is 0 Å². The van der Waals surface area contributed by atoms with Crippen LogP contribution in [0.2, 0.25) is 0 Å². The summed E-state index contributed by atoms with van der Waals surface area (Å²) in [7, 11) is 0. The van der Waals surface area contributed by atoms with Crippen LogP contribution in [0.25, 0.3) is 0 Å². The summed E-state index contributed by atoms with van der Waals surface area (Å²) in [6, 6.07) is 0. The van der Waals surface area contributed by atoms with E-state index in [0.29, 0.717) is 0 Å². The lowest BCUT2D eigenvalue weighted by Crippen LogP contribution is -2.08. The number of rotatable bonds is 0. The quantitative estimate of drug-likeness (QED) is 0.370. The lowest BCUT2D eigenvalue weighted by Gasteiger charge is -2.15. The van der Waals surface area contributed by atoms with Crippen molar-refractivity contribution in [2.24, 2.45) is 71.0 Å². The molecule has 6 rings (SSSR count). The zero-order valence-electron chi connectivity index (χ0n) is 21.4. The van der Waals surface area contributed by atoms with Crippen LogP contribution >= 0.6 is 0 Å². The van der Waals surface area contributed by atoms with Crippen LogP contribution in [-0.4, -0.2) is 0 Å². The van der Waals surface area contributed by atoms with Crippen LogP contribution in [0.4, 0.5) is 0 Å². The monoisotopic (exact) mass is 414 g/mol. The van der Waals surface area contributed by atoms with E-state index in [-0.39, 0.29) is 0 Å². The lowest BCUT2D eigenvalue weighted by atomic mass is 9.91. The molecule has 0 aromatic carbocycles. The van der Waals surface area contributed by atoms with E-state index in [9.17, 15) is 0 Å². The Morgan fingerprint density at radius 2 is 0.367 bits per heavy atom. The van der Waals surface area contributed by atoms with E-state index in [2.05, 4.69) is 41.5 Å². The Morgan fingerprint density at radius 1 is 0.233 bits per heavy atom. The fraction of sp³-hybridized carbons (Fsp3) is 1.00. The molecule has 0 radical (unpaired) electrons. The molecule has 174 valence electrons. The molecule has 0 spiro atoms. The Bertz CT molecular complexity index is 412. The van der Waals surface area contributed by atoms with Crippen LogP contribution < -0.4 is 0 Å². The molecule has 30 heavy (non-hydrogen) atoms. The van der Waals surface area contributed by atoms with Gasteiger partial charge in [-0.15, -0.1) is 0 Å². The molecule has 0 aliphatic heterocycles. The lowest BCUT2D eigenvalue weighted by molar-refractivity contribution is 0.339. The third kappa shape index (κ3) is 4.69. The maximum absolute atomic E-state index is 2.45. The fourth-order valence-electron chi connectivity index (χ4n) is 9.54. The first-order valence-corrected chi connectivity index (χ1v) is 14.4. The van der Waals surface area contributed by atoms with Crippen molar-refractivity contribution in [3.8, 4) is 0 Å². The Kier molecular flexibility index (Phi) is 7.62. The third-order valence-corrected chi connectivity index (χ3v) is 11.8. The van der Waals surface area contributed by atoms with Gasteiger partial charge in [0.15, 0.2) is 0 Å². The van der Waals surface area contributed by atoms with Crippen LogP contribution in [0.1, 0.15) is 119 Å². The van der Waals surface area contributed by atoms with Gasteiger partial charge >= 0.3 is 0 Å². The van der Waals surface area contributed by atoms with Crippen LogP contribution in [0.15, 0.2) is 0 Å². The average Bonchev–Trinajstić information content (AvgIpc) is 3.52. The molecule has 0 aromatic rings. The molecule has 0 bridgehead atoms. The molecule has 6 unspecified atom stereocenters. The smallest absolute Gasteiger partial charge is 0.0357 e. The summed E-state index contributed by atoms with van der Waals surface area (Å²) in [5, 5.41) is 0. The van der Waals surface area contributed by atoms with E-state index in [1.165, 1.54) is 77.0 Å². The average molecular weight is 415 g/mol. The maximum atomic E-state index is 2.45. The van der Waals surface area contributed by atoms with Crippen molar-refractivity contribution >= 4 is 0 Å². The third-order valence-electron chi connectivity index (χ3n) is 11.8. The van der Waals surface area contributed by atoms with Crippen LogP contribution in [0, 0.1) is 71.0 Å². The van der Waals surface area contributed by atoms with Gasteiger partial charge in [-0.05, 0) is 110 Å². The Morgan fingerprint density at radius 3 is 0.500 bits per heavy atom. The Hall–Kier alpha value is 0. The minimum absolute atomic E-state index is 1.05. The van der Waals surface area contributed by atoms with Gasteiger partial charge in [-0.25, -0.2) is 0 Å². The molecule has 0 amide bonds. The summed E-state index contributed by atoms with van der Waals surface area (Å²) in [6.45, 7) is 14.7. The molecule has 0 heteroatoms. The van der Waals surface area contributed by atoms with Gasteiger partial charge in [0.2, 0.25) is 0 Å². The number of hydrogen-bond donors (Lipinski definition) is 0. The highest BCUT2D eigenvalue weighted by Gasteiger charge is 2.42. The summed E-state index contributed by atoms with van der Waals surface area (Å²) in [5.74, 6) is 13.0. The van der Waals surface area contributed by atoms with Crippen molar-refractivity contribution in [2.75, 3.05) is 0 Å². The van der Waals surface area contributed by atoms with Crippen molar-refractivity contribution in [1.82, 2.24) is 0 Å². The van der Waals surface area contributed by atoms with E-state index in [1.54, 1.807) is 0 Å². The summed E-state index contributed by atoms with van der Waals surface area (Å²) in [5.41, 5.74) is 0. The molecule has 0 heterocycles. The second-order valence-electron chi connectivity index (χ2n) is 13.3. The second kappa shape index (κ2) is 9.87. The zero-order chi connectivity index (χ0) is 21.4. The van der Waals surface area contributed by atoms with E-state index >= 15 is 0 Å². The molecule has 6 aliphatic carbocycles. The second-order valence-corrected chi connectivity index (χ2v) is 13.3. The molecular weight excluding hydrogens is 360 g/mol. The van der Waals surface area contributed by atoms with Gasteiger partial charge in [-0.3, -0.25) is 0 Å². The highest BCUT2D eigenvalue weighted by atomic mass is 14.5. The Balaban J connectivity index is 0.000000109. The standard InChI is InChI=1S/3C10H18/c3*1-7-3-5-10-8(2)4-6-9(7)10/h3*7-10H,3-6H2,1-2H3/t7-,8+,9?,10?;2*7-,8-,9?,10?/m.10/s1. The van der Waals surface area contributed by atoms with Gasteiger partial charge in [-0.1, -0.05) is 80.1 Å². The molecule has 0 nitrogen and oxygen atoms in total. The van der Waals surface area contributed by atoms with Crippen molar-refractivity contribution in [3.05, 3.63) is 0 Å². The molecule has 12 atom stereocenters. The highest BCUT2D eigenvalue weighted by molar-refractivity contribution is 4.92. The van der Waals surface area contributed by atoms with E-state index in [1.807, 2.05) is 0 Å². The molecular formula is C30H54. The van der Waals surface area contributed by atoms with Crippen molar-refractivity contribution in [1.29, 1.82) is 0 Å². The minimum Gasteiger partial charge on any atom is -0.0622 e. The highest BCUT2D eigenvalue weighted by Crippen LogP contribution is 2.51. The van der Waals surface area contributed by atoms with Crippen molar-refractivity contribution < 1.29 is 0 Å². The molecule has 0 saturated heterocycles. The maximum Gasteiger partial charge on any atom is -0.0357 e. The van der Waals surface area contributed by atoms with E-state index in [4.69, 9.17) is 0 Å². The first-order valence-electron chi connectivity index (χ1n) is 14.4. The fourth-order valence-corrected chi connectivity index (χ4v) is 9.54. The predicted molar refractivity (Wildman–Crippen MR) is 131 cm³/mol. The van der Waals surface area contributed by atoms with Gasteiger partial charge in [0.05, 0.1) is 0 Å². The van der Waals surface area contributed by atoms with Crippen LogP contribution in [0.3, 0.4) is 0 Å². The summed E-state index contributed by atoms with van der Waals surface area (Å²) >= 11 is 0. The molecule has 6 saturated carbocycles. The van der Waals surface area contributed by atoms with Gasteiger partial charge in [0, 0.05) is 0 Å². The number of hydrogen-bond acceptors (Lipinski definition) is 0. The number of fused-ring (bicyclic) bond motifs is 3. The molecule has 0 N–H and O–H groups in total. The summed E-state index contributed by atoms with van der Waals surface area (Å²) in [6.07, 6.45) is 18.3. The first kappa shape index (κ1) is 23.2. The topological polar surface area (TPSA) is 0 Å². The largest absolute Gasteiger partial charge is 0.0622 e. The summed E-state index contributed by atoms with van der Waals surface area (Å²) < 4.78 is 0. The van der Waals surface area contributed by atoms with Gasteiger partial charge in [0.25, 0.3) is 0 Å². The summed E-state index contributed by atoms with van der Waals surface area (Å²) in [4.78, 5) is 0. The van der Waals surface area contributed by atoms with Gasteiger partial charge in [-0.2, -0.15) is 0 Å². The van der Waals surface area contributed by atoms with Crippen molar-refractivity contribution in [2.45, 2.75) is 119 Å². The van der Waals surface area contributed by atoms with E-state index in [0.717, 1.165) is 71.0 Å². The molecule has 6 fully saturated rings.